The minimum Gasteiger partial charge on any atom is -0.489 e. The summed E-state index contributed by atoms with van der Waals surface area (Å²) in [5.41, 5.74) is 2.55. The molecule has 72 valence electrons. The van der Waals surface area contributed by atoms with Gasteiger partial charge in [-0.1, -0.05) is 35.9 Å². The molecular weight excluding hydrogens is 172 g/mol. The predicted octanol–water partition coefficient (Wildman–Crippen LogP) is 3.04. The summed E-state index contributed by atoms with van der Waals surface area (Å²) in [6.45, 7) is 2.76. The molecular formula is C13H14O. The number of hydrogen-bond donors (Lipinski definition) is 0. The van der Waals surface area contributed by atoms with Crippen molar-refractivity contribution in [1.82, 2.24) is 0 Å². The zero-order valence-electron chi connectivity index (χ0n) is 8.36. The van der Waals surface area contributed by atoms with E-state index in [0.29, 0.717) is 6.61 Å². The van der Waals surface area contributed by atoms with E-state index in [2.05, 4.69) is 37.3 Å². The SMILES string of the molecule is Cc1ccc2c(c1)C/C=C\C=C/CO2. The molecule has 0 radical (unpaired) electrons. The Morgan fingerprint density at radius 3 is 2.93 bits per heavy atom. The van der Waals surface area contributed by atoms with E-state index in [0.717, 1.165) is 12.2 Å². The number of fused-ring (bicyclic) bond motifs is 1. The van der Waals surface area contributed by atoms with Gasteiger partial charge in [-0.3, -0.25) is 0 Å². The average molecular weight is 186 g/mol. The first-order chi connectivity index (χ1) is 6.86. The zero-order chi connectivity index (χ0) is 9.80. The van der Waals surface area contributed by atoms with Crippen LogP contribution in [0.25, 0.3) is 0 Å². The fraction of sp³-hybridized carbons (Fsp3) is 0.231. The molecule has 0 saturated carbocycles. The molecule has 0 aromatic heterocycles. The quantitative estimate of drug-likeness (QED) is 0.605. The molecule has 1 aliphatic heterocycles. The van der Waals surface area contributed by atoms with Gasteiger partial charge in [0.25, 0.3) is 0 Å². The molecule has 1 aliphatic rings. The Morgan fingerprint density at radius 1 is 1.14 bits per heavy atom. The summed E-state index contributed by atoms with van der Waals surface area (Å²) < 4.78 is 5.64. The van der Waals surface area contributed by atoms with Crippen LogP contribution >= 0.6 is 0 Å². The van der Waals surface area contributed by atoms with Gasteiger partial charge in [0.15, 0.2) is 0 Å². The second-order valence-electron chi connectivity index (χ2n) is 3.48. The third kappa shape index (κ3) is 2.05. The molecule has 1 aromatic rings. The number of benzene rings is 1. The van der Waals surface area contributed by atoms with Crippen LogP contribution in [0, 0.1) is 6.92 Å². The molecule has 0 amide bonds. The molecule has 0 aliphatic carbocycles. The molecule has 0 fully saturated rings. The van der Waals surface area contributed by atoms with Gasteiger partial charge in [0, 0.05) is 0 Å². The molecule has 1 nitrogen and oxygen atoms in total. The standard InChI is InChI=1S/C13H14O/c1-11-7-8-13-12(10-11)6-4-2-3-5-9-14-13/h2-5,7-8,10H,6,9H2,1H3/b4-2-,5-3-. The van der Waals surface area contributed by atoms with E-state index in [1.165, 1.54) is 11.1 Å². The Morgan fingerprint density at radius 2 is 2.00 bits per heavy atom. The van der Waals surface area contributed by atoms with E-state index in [-0.39, 0.29) is 0 Å². The predicted molar refractivity (Wildman–Crippen MR) is 58.7 cm³/mol. The van der Waals surface area contributed by atoms with Crippen molar-refractivity contribution in [3.8, 4) is 5.75 Å². The summed E-state index contributed by atoms with van der Waals surface area (Å²) in [7, 11) is 0. The molecule has 0 unspecified atom stereocenters. The second-order valence-corrected chi connectivity index (χ2v) is 3.48. The molecule has 14 heavy (non-hydrogen) atoms. The fourth-order valence-electron chi connectivity index (χ4n) is 1.55. The summed E-state index contributed by atoms with van der Waals surface area (Å²) in [6, 6.07) is 6.33. The van der Waals surface area contributed by atoms with Crippen LogP contribution < -0.4 is 4.74 Å². The number of aryl methyl sites for hydroxylation is 1. The second kappa shape index (κ2) is 4.14. The van der Waals surface area contributed by atoms with Gasteiger partial charge in [-0.15, -0.1) is 0 Å². The Kier molecular flexibility index (Phi) is 2.68. The normalized spacial score (nSPS) is 19.5. The molecule has 1 heteroatoms. The summed E-state index contributed by atoms with van der Waals surface area (Å²) in [5, 5.41) is 0. The first kappa shape index (κ1) is 9.07. The molecule has 1 aromatic carbocycles. The van der Waals surface area contributed by atoms with Crippen LogP contribution in [0.1, 0.15) is 11.1 Å². The lowest BCUT2D eigenvalue weighted by Crippen LogP contribution is -1.96. The third-order valence-corrected chi connectivity index (χ3v) is 2.27. The highest BCUT2D eigenvalue weighted by Crippen LogP contribution is 2.21. The highest BCUT2D eigenvalue weighted by Gasteiger charge is 2.02. The van der Waals surface area contributed by atoms with Crippen molar-refractivity contribution in [2.24, 2.45) is 0 Å². The van der Waals surface area contributed by atoms with Crippen molar-refractivity contribution >= 4 is 0 Å². The van der Waals surface area contributed by atoms with Crippen LogP contribution in [-0.4, -0.2) is 6.61 Å². The zero-order valence-corrected chi connectivity index (χ0v) is 8.36. The van der Waals surface area contributed by atoms with Crippen LogP contribution in [0.4, 0.5) is 0 Å². The van der Waals surface area contributed by atoms with E-state index in [4.69, 9.17) is 4.74 Å². The Bertz CT molecular complexity index is 375. The van der Waals surface area contributed by atoms with Gasteiger partial charge >= 0.3 is 0 Å². The number of rotatable bonds is 0. The van der Waals surface area contributed by atoms with Crippen molar-refractivity contribution in [2.75, 3.05) is 6.61 Å². The van der Waals surface area contributed by atoms with Gasteiger partial charge in [0.1, 0.15) is 12.4 Å². The number of allylic oxidation sites excluding steroid dienone is 3. The topological polar surface area (TPSA) is 9.23 Å². The van der Waals surface area contributed by atoms with Crippen LogP contribution in [0.5, 0.6) is 5.75 Å². The lowest BCUT2D eigenvalue weighted by molar-refractivity contribution is 0.360. The summed E-state index contributed by atoms with van der Waals surface area (Å²) in [5.74, 6) is 1.01. The van der Waals surface area contributed by atoms with Gasteiger partial charge in [0.05, 0.1) is 0 Å². The lowest BCUT2D eigenvalue weighted by atomic mass is 10.1. The molecule has 0 atom stereocenters. The smallest absolute Gasteiger partial charge is 0.123 e. The van der Waals surface area contributed by atoms with Crippen molar-refractivity contribution in [1.29, 1.82) is 0 Å². The summed E-state index contributed by atoms with van der Waals surface area (Å²) >= 11 is 0. The molecule has 2 rings (SSSR count). The molecule has 1 heterocycles. The van der Waals surface area contributed by atoms with Gasteiger partial charge in [0.2, 0.25) is 0 Å². The summed E-state index contributed by atoms with van der Waals surface area (Å²) in [4.78, 5) is 0. The van der Waals surface area contributed by atoms with E-state index < -0.39 is 0 Å². The van der Waals surface area contributed by atoms with Crippen LogP contribution in [0.3, 0.4) is 0 Å². The van der Waals surface area contributed by atoms with E-state index in [1.807, 2.05) is 12.2 Å². The molecule has 0 bridgehead atoms. The van der Waals surface area contributed by atoms with Crippen molar-refractivity contribution in [2.45, 2.75) is 13.3 Å². The van der Waals surface area contributed by atoms with Gasteiger partial charge in [-0.2, -0.15) is 0 Å². The van der Waals surface area contributed by atoms with E-state index in [9.17, 15) is 0 Å². The van der Waals surface area contributed by atoms with Crippen LogP contribution in [0.15, 0.2) is 42.5 Å². The molecule has 0 spiro atoms. The summed E-state index contributed by atoms with van der Waals surface area (Å²) in [6.07, 6.45) is 9.22. The maximum atomic E-state index is 5.64. The Balaban J connectivity index is 2.35. The van der Waals surface area contributed by atoms with Crippen molar-refractivity contribution in [3.63, 3.8) is 0 Å². The van der Waals surface area contributed by atoms with Gasteiger partial charge in [-0.25, -0.2) is 0 Å². The number of hydrogen-bond acceptors (Lipinski definition) is 1. The minimum absolute atomic E-state index is 0.653. The van der Waals surface area contributed by atoms with Crippen molar-refractivity contribution in [3.05, 3.63) is 53.6 Å². The van der Waals surface area contributed by atoms with E-state index >= 15 is 0 Å². The van der Waals surface area contributed by atoms with Gasteiger partial charge in [-0.05, 0) is 31.1 Å². The van der Waals surface area contributed by atoms with Crippen LogP contribution in [-0.2, 0) is 6.42 Å². The highest BCUT2D eigenvalue weighted by molar-refractivity contribution is 5.38. The molecule has 0 N–H and O–H groups in total. The average Bonchev–Trinajstić information content (AvgIpc) is 2.29. The fourth-order valence-corrected chi connectivity index (χ4v) is 1.55. The first-order valence-corrected chi connectivity index (χ1v) is 4.90. The lowest BCUT2D eigenvalue weighted by Gasteiger charge is -2.08. The largest absolute Gasteiger partial charge is 0.489 e. The maximum absolute atomic E-state index is 5.64. The number of ether oxygens (including phenoxy) is 1. The third-order valence-electron chi connectivity index (χ3n) is 2.27. The monoisotopic (exact) mass is 186 g/mol. The highest BCUT2D eigenvalue weighted by atomic mass is 16.5. The molecule has 0 saturated heterocycles. The maximum Gasteiger partial charge on any atom is 0.123 e. The van der Waals surface area contributed by atoms with E-state index in [1.54, 1.807) is 0 Å². The minimum atomic E-state index is 0.653. The van der Waals surface area contributed by atoms with Crippen LogP contribution in [0.2, 0.25) is 0 Å². The Labute approximate surface area is 84.7 Å². The van der Waals surface area contributed by atoms with Gasteiger partial charge < -0.3 is 4.74 Å². The van der Waals surface area contributed by atoms with Crippen molar-refractivity contribution < 1.29 is 4.74 Å². The Hall–Kier alpha value is -1.50. The first-order valence-electron chi connectivity index (χ1n) is 4.90.